The van der Waals surface area contributed by atoms with Crippen molar-refractivity contribution in [3.05, 3.63) is 57.6 Å². The minimum Gasteiger partial charge on any atom is -1.00 e. The average molecular weight is 672 g/mol. The molecular weight excluding hydrogens is 618 g/mol. The van der Waals surface area contributed by atoms with Gasteiger partial charge in [0, 0.05) is 0 Å². The number of benzene rings is 2. The molecule has 0 amide bonds. The van der Waals surface area contributed by atoms with Gasteiger partial charge in [-0.15, -0.1) is 0 Å². The van der Waals surface area contributed by atoms with Gasteiger partial charge in [-0.2, -0.15) is 0 Å². The van der Waals surface area contributed by atoms with Gasteiger partial charge in [0.05, 0.1) is 0 Å². The first-order valence-electron chi connectivity index (χ1n) is 15.1. The van der Waals surface area contributed by atoms with Gasteiger partial charge in [0.25, 0.3) is 0 Å². The SMILES string of the molecule is CC(C)(C)c1cc(C=N[C@H]2CCCC[C@@]2([Mn+2])N=Cc2cc(C(C)(C)C)cc(C(C)(C)C)c2O)c(O)c(C(C)(C)C)c1.[Cl-].[Cl-]. The molecule has 0 saturated heterocycles. The van der Waals surface area contributed by atoms with E-state index in [4.69, 9.17) is 9.98 Å². The van der Waals surface area contributed by atoms with E-state index in [-0.39, 0.29) is 52.5 Å². The van der Waals surface area contributed by atoms with Gasteiger partial charge in [-0.05, 0) is 0 Å². The van der Waals surface area contributed by atoms with E-state index in [0.29, 0.717) is 11.5 Å². The summed E-state index contributed by atoms with van der Waals surface area (Å²) in [6.07, 6.45) is 7.54. The van der Waals surface area contributed by atoms with Gasteiger partial charge in [0.15, 0.2) is 0 Å². The number of phenolic OH excluding ortho intramolecular Hbond substituents is 2. The molecule has 0 unspecified atom stereocenters. The van der Waals surface area contributed by atoms with Crippen LogP contribution in [0.3, 0.4) is 0 Å². The van der Waals surface area contributed by atoms with E-state index in [9.17, 15) is 10.2 Å². The number of rotatable bonds is 4. The maximum absolute atomic E-state index is 11.3. The Morgan fingerprint density at radius 1 is 0.674 bits per heavy atom. The van der Waals surface area contributed by atoms with Crippen LogP contribution in [0.15, 0.2) is 34.3 Å². The smallest absolute Gasteiger partial charge is 1.00 e. The molecule has 0 bridgehead atoms. The van der Waals surface area contributed by atoms with E-state index in [1.54, 1.807) is 0 Å². The molecule has 0 radical (unpaired) electrons. The fourth-order valence-corrected chi connectivity index (χ4v) is 5.85. The molecule has 1 fully saturated rings. The number of aromatic hydroxyl groups is 2. The average Bonchev–Trinajstić information content (AvgIpc) is 2.80. The molecule has 3 rings (SSSR count). The molecule has 0 heterocycles. The van der Waals surface area contributed by atoms with Crippen molar-refractivity contribution in [1.29, 1.82) is 0 Å². The summed E-state index contributed by atoms with van der Waals surface area (Å²) in [6, 6.07) is 8.30. The van der Waals surface area contributed by atoms with E-state index >= 15 is 0 Å². The van der Waals surface area contributed by atoms with Crippen LogP contribution in [-0.2, 0) is 37.7 Å². The predicted molar refractivity (Wildman–Crippen MR) is 171 cm³/mol. The summed E-state index contributed by atoms with van der Waals surface area (Å²) in [7, 11) is 0. The summed E-state index contributed by atoms with van der Waals surface area (Å²) in [5.74, 6) is 0.590. The van der Waals surface area contributed by atoms with Crippen LogP contribution in [0, 0.1) is 0 Å². The Bertz CT molecular complexity index is 1330. The molecule has 43 heavy (non-hydrogen) atoms. The number of halogens is 2. The van der Waals surface area contributed by atoms with E-state index in [2.05, 4.69) is 123 Å². The molecule has 240 valence electrons. The van der Waals surface area contributed by atoms with Crippen molar-refractivity contribution in [2.24, 2.45) is 9.98 Å². The van der Waals surface area contributed by atoms with Crippen molar-refractivity contribution < 1.29 is 51.0 Å². The van der Waals surface area contributed by atoms with E-state index in [0.717, 1.165) is 47.9 Å². The first kappa shape index (κ1) is 39.5. The zero-order valence-corrected chi connectivity index (χ0v) is 31.0. The third-order valence-corrected chi connectivity index (χ3v) is 9.05. The van der Waals surface area contributed by atoms with Gasteiger partial charge in [0.1, 0.15) is 0 Å². The minimum absolute atomic E-state index is 0. The fraction of sp³-hybridized carbons (Fsp3) is 0.611. The number of hydrogen-bond acceptors (Lipinski definition) is 4. The molecule has 2 N–H and O–H groups in total. The molecule has 0 aliphatic heterocycles. The molecule has 2 aromatic rings. The first-order chi connectivity index (χ1) is 18.5. The number of aliphatic imine (C=N–C) groups is 2. The molecule has 7 heteroatoms. The zero-order valence-electron chi connectivity index (χ0n) is 28.3. The number of nitrogens with zero attached hydrogens (tertiary/aromatic N) is 2. The molecule has 2 aromatic carbocycles. The second-order valence-electron chi connectivity index (χ2n) is 16.0. The minimum atomic E-state index is -0.585. The van der Waals surface area contributed by atoms with Crippen molar-refractivity contribution in [1.82, 2.24) is 0 Å². The van der Waals surface area contributed by atoms with Crippen molar-refractivity contribution in [3.63, 3.8) is 0 Å². The van der Waals surface area contributed by atoms with Gasteiger partial charge < -0.3 is 24.8 Å². The predicted octanol–water partition coefficient (Wildman–Crippen LogP) is 3.02. The Balaban J connectivity index is 0.00000462. The fourth-order valence-electron chi connectivity index (χ4n) is 5.30. The van der Waals surface area contributed by atoms with Crippen LogP contribution in [0.4, 0.5) is 0 Å². The standard InChI is InChI=1S/C36H53N2O2.2ClH.Mn/c1-33(2,3)25-17-23(31(39)27(19-25)35(7,8)9)21-37-29-15-13-14-16-30(29)38-22-24-18-26(34(4,5)6)20-28(32(24)40)36(10,11)12;;;/h17-22,29,39-40H,13-16H2,1-12H3;2*1H;/q;;;+2/p-2/t29-;;;/m0.../s1. The molecule has 1 aliphatic rings. The van der Waals surface area contributed by atoms with Gasteiger partial charge in [0.2, 0.25) is 0 Å². The second kappa shape index (κ2) is 13.9. The summed E-state index contributed by atoms with van der Waals surface area (Å²) in [6.45, 7) is 25.9. The Labute approximate surface area is 282 Å². The molecular formula is C36H53Cl2MnN2O2. The Morgan fingerprint density at radius 3 is 1.49 bits per heavy atom. The third kappa shape index (κ3) is 9.49. The van der Waals surface area contributed by atoms with Crippen molar-refractivity contribution in [3.8, 4) is 11.5 Å². The molecule has 0 spiro atoms. The van der Waals surface area contributed by atoms with Crippen LogP contribution in [0.5, 0.6) is 11.5 Å². The van der Waals surface area contributed by atoms with E-state index in [1.165, 1.54) is 11.1 Å². The van der Waals surface area contributed by atoms with Gasteiger partial charge in [-0.1, -0.05) is 0 Å². The van der Waals surface area contributed by atoms with Crippen LogP contribution >= 0.6 is 0 Å². The first-order valence-corrected chi connectivity index (χ1v) is 15.7. The van der Waals surface area contributed by atoms with Crippen LogP contribution < -0.4 is 24.8 Å². The normalized spacial score (nSPS) is 20.2. The molecule has 0 aromatic heterocycles. The molecule has 1 aliphatic carbocycles. The topological polar surface area (TPSA) is 65.2 Å². The van der Waals surface area contributed by atoms with Crippen molar-refractivity contribution in [2.45, 2.75) is 141 Å². The molecule has 2 atom stereocenters. The Kier molecular flexibility index (Phi) is 12.7. The van der Waals surface area contributed by atoms with E-state index < -0.39 is 4.44 Å². The monoisotopic (exact) mass is 670 g/mol. The van der Waals surface area contributed by atoms with Crippen LogP contribution in [0.2, 0.25) is 0 Å². The molecule has 1 saturated carbocycles. The van der Waals surface area contributed by atoms with Gasteiger partial charge >= 0.3 is 259 Å². The van der Waals surface area contributed by atoms with Crippen LogP contribution in [0.25, 0.3) is 0 Å². The van der Waals surface area contributed by atoms with Gasteiger partial charge in [-0.3, -0.25) is 0 Å². The third-order valence-electron chi connectivity index (χ3n) is 8.20. The summed E-state index contributed by atoms with van der Waals surface area (Å²) in [4.78, 5) is 10.1. The maximum atomic E-state index is 11.3. The Hall–Kier alpha value is -1.52. The van der Waals surface area contributed by atoms with Crippen molar-refractivity contribution >= 4 is 12.4 Å². The maximum Gasteiger partial charge on any atom is -1.00 e. The Morgan fingerprint density at radius 2 is 1.09 bits per heavy atom. The largest absolute Gasteiger partial charge is 1.00 e. The van der Waals surface area contributed by atoms with Gasteiger partial charge in [-0.25, -0.2) is 0 Å². The number of phenols is 2. The van der Waals surface area contributed by atoms with Crippen LogP contribution in [-0.4, -0.2) is 33.1 Å². The van der Waals surface area contributed by atoms with Crippen molar-refractivity contribution in [2.75, 3.05) is 0 Å². The second-order valence-corrected chi connectivity index (χ2v) is 17.1. The quantitative estimate of drug-likeness (QED) is 0.388. The number of hydrogen-bond donors (Lipinski definition) is 2. The zero-order chi connectivity index (χ0) is 31.2. The summed E-state index contributed by atoms with van der Waals surface area (Å²) in [5.41, 5.74) is 5.18. The summed E-state index contributed by atoms with van der Waals surface area (Å²) in [5, 5.41) is 22.6. The van der Waals surface area contributed by atoms with E-state index in [1.807, 2.05) is 12.4 Å². The summed E-state index contributed by atoms with van der Waals surface area (Å²) < 4.78 is -0.585. The summed E-state index contributed by atoms with van der Waals surface area (Å²) >= 11 is 3.99. The molecule has 4 nitrogen and oxygen atoms in total. The van der Waals surface area contributed by atoms with Crippen LogP contribution in [0.1, 0.15) is 142 Å².